The zero-order chi connectivity index (χ0) is 11.4. The summed E-state index contributed by atoms with van der Waals surface area (Å²) in [6, 6.07) is -0.251. The van der Waals surface area contributed by atoms with Crippen LogP contribution in [0.25, 0.3) is 0 Å². The number of urea groups is 1. The van der Waals surface area contributed by atoms with Crippen LogP contribution >= 0.6 is 11.3 Å². The van der Waals surface area contributed by atoms with Gasteiger partial charge < -0.3 is 15.0 Å². The van der Waals surface area contributed by atoms with Crippen molar-refractivity contribution in [2.45, 2.75) is 0 Å². The quantitative estimate of drug-likeness (QED) is 0.802. The number of carbonyl (C=O) groups excluding carboxylic acids is 1. The molecule has 0 aromatic carbocycles. The van der Waals surface area contributed by atoms with Crippen molar-refractivity contribution in [3.63, 3.8) is 0 Å². The fourth-order valence-corrected chi connectivity index (χ4v) is 2.21. The molecular weight excluding hydrogens is 228 g/mol. The lowest BCUT2D eigenvalue weighted by molar-refractivity contribution is 0.122. The average Bonchev–Trinajstić information content (AvgIpc) is 2.78. The number of hydrogen-bond donors (Lipinski definition) is 2. The van der Waals surface area contributed by atoms with Gasteiger partial charge in [-0.15, -0.1) is 11.3 Å². The van der Waals surface area contributed by atoms with E-state index in [2.05, 4.69) is 20.5 Å². The number of nitrogens with one attached hydrogen (secondary N) is 2. The summed E-state index contributed by atoms with van der Waals surface area (Å²) in [6.45, 7) is 3.18. The molecule has 1 aliphatic rings. The van der Waals surface area contributed by atoms with Gasteiger partial charge in [0.1, 0.15) is 5.82 Å². The summed E-state index contributed by atoms with van der Waals surface area (Å²) in [5.74, 6) is 0.589. The number of hydrogen-bond acceptors (Lipinski definition) is 5. The van der Waals surface area contributed by atoms with Gasteiger partial charge in [-0.05, 0) is 0 Å². The Morgan fingerprint density at radius 1 is 1.56 bits per heavy atom. The molecule has 0 bridgehead atoms. The lowest BCUT2D eigenvalue weighted by Gasteiger charge is -2.25. The predicted octanol–water partition coefficient (Wildman–Crippen LogP) is 0.731. The summed E-state index contributed by atoms with van der Waals surface area (Å²) in [7, 11) is 1.57. The van der Waals surface area contributed by atoms with Crippen LogP contribution in [0.15, 0.2) is 5.38 Å². The van der Waals surface area contributed by atoms with Crippen LogP contribution in [0.4, 0.5) is 15.7 Å². The summed E-state index contributed by atoms with van der Waals surface area (Å²) in [5.41, 5.74) is 0. The molecule has 0 atom stereocenters. The zero-order valence-corrected chi connectivity index (χ0v) is 9.84. The van der Waals surface area contributed by atoms with Crippen LogP contribution in [0.3, 0.4) is 0 Å². The van der Waals surface area contributed by atoms with Crippen LogP contribution in [0.1, 0.15) is 0 Å². The second-order valence-corrected chi connectivity index (χ2v) is 4.16. The molecule has 16 heavy (non-hydrogen) atoms. The van der Waals surface area contributed by atoms with E-state index in [-0.39, 0.29) is 6.03 Å². The van der Waals surface area contributed by atoms with Crippen molar-refractivity contribution in [1.29, 1.82) is 0 Å². The molecular formula is C9H14N4O2S. The number of ether oxygens (including phenoxy) is 1. The molecule has 0 aliphatic carbocycles. The highest BCUT2D eigenvalue weighted by Gasteiger charge is 2.14. The van der Waals surface area contributed by atoms with E-state index in [1.807, 2.05) is 5.38 Å². The minimum atomic E-state index is -0.251. The molecule has 1 fully saturated rings. The Bertz CT molecular complexity index is 362. The Labute approximate surface area is 97.6 Å². The lowest BCUT2D eigenvalue weighted by atomic mass is 10.5. The zero-order valence-electron chi connectivity index (χ0n) is 9.02. The summed E-state index contributed by atoms with van der Waals surface area (Å²) >= 11 is 1.53. The van der Waals surface area contributed by atoms with E-state index in [1.165, 1.54) is 11.3 Å². The highest BCUT2D eigenvalue weighted by atomic mass is 32.1. The fraction of sp³-hybridized carbons (Fsp3) is 0.556. The first-order valence-electron chi connectivity index (χ1n) is 5.06. The lowest BCUT2D eigenvalue weighted by Crippen LogP contribution is -2.36. The van der Waals surface area contributed by atoms with Crippen LogP contribution in [-0.2, 0) is 4.74 Å². The number of amides is 2. The normalized spacial score (nSPS) is 15.9. The van der Waals surface area contributed by atoms with E-state index in [1.54, 1.807) is 7.05 Å². The third-order valence-corrected chi connectivity index (χ3v) is 3.14. The number of thiazole rings is 1. The Balaban J connectivity index is 1.98. The Morgan fingerprint density at radius 3 is 3.00 bits per heavy atom. The van der Waals surface area contributed by atoms with Crippen molar-refractivity contribution in [2.24, 2.45) is 0 Å². The van der Waals surface area contributed by atoms with Gasteiger partial charge >= 0.3 is 6.03 Å². The van der Waals surface area contributed by atoms with Gasteiger partial charge in [-0.2, -0.15) is 0 Å². The molecule has 6 nitrogen and oxygen atoms in total. The van der Waals surface area contributed by atoms with E-state index in [0.29, 0.717) is 5.82 Å². The summed E-state index contributed by atoms with van der Waals surface area (Å²) in [6.07, 6.45) is 0. The Kier molecular flexibility index (Phi) is 3.58. The topological polar surface area (TPSA) is 66.5 Å². The second-order valence-electron chi connectivity index (χ2n) is 3.32. The first kappa shape index (κ1) is 11.2. The van der Waals surface area contributed by atoms with Gasteiger partial charge in [-0.3, -0.25) is 5.32 Å². The fourth-order valence-electron chi connectivity index (χ4n) is 1.40. The van der Waals surface area contributed by atoms with Gasteiger partial charge in [-0.1, -0.05) is 0 Å². The number of nitrogens with zero attached hydrogens (tertiary/aromatic N) is 2. The molecule has 1 aromatic heterocycles. The van der Waals surface area contributed by atoms with Gasteiger partial charge in [0.2, 0.25) is 0 Å². The van der Waals surface area contributed by atoms with Crippen molar-refractivity contribution in [3.05, 3.63) is 5.38 Å². The molecule has 1 saturated heterocycles. The minimum Gasteiger partial charge on any atom is -0.378 e. The smallest absolute Gasteiger partial charge is 0.320 e. The summed E-state index contributed by atoms with van der Waals surface area (Å²) < 4.78 is 5.27. The molecule has 7 heteroatoms. The van der Waals surface area contributed by atoms with Crippen molar-refractivity contribution >= 4 is 28.3 Å². The van der Waals surface area contributed by atoms with Gasteiger partial charge in [0.05, 0.1) is 13.2 Å². The Morgan fingerprint density at radius 2 is 2.31 bits per heavy atom. The number of morpholine rings is 1. The van der Waals surface area contributed by atoms with Crippen molar-refractivity contribution in [1.82, 2.24) is 10.3 Å². The monoisotopic (exact) mass is 242 g/mol. The molecule has 2 N–H and O–H groups in total. The molecule has 2 rings (SSSR count). The summed E-state index contributed by atoms with van der Waals surface area (Å²) in [4.78, 5) is 17.6. The van der Waals surface area contributed by atoms with E-state index in [0.717, 1.165) is 31.4 Å². The van der Waals surface area contributed by atoms with Crippen LogP contribution in [0, 0.1) is 0 Å². The SMILES string of the molecule is CNC(=O)Nc1csc(N2CCOCC2)n1. The van der Waals surface area contributed by atoms with Crippen LogP contribution in [0.2, 0.25) is 0 Å². The largest absolute Gasteiger partial charge is 0.378 e. The van der Waals surface area contributed by atoms with Gasteiger partial charge in [-0.25, -0.2) is 9.78 Å². The second kappa shape index (κ2) is 5.13. The molecule has 0 spiro atoms. The molecule has 1 aromatic rings. The standard InChI is InChI=1S/C9H14N4O2S/c1-10-8(14)11-7-6-16-9(12-7)13-2-4-15-5-3-13/h6H,2-5H2,1H3,(H2,10,11,14). The Hall–Kier alpha value is -1.34. The highest BCUT2D eigenvalue weighted by Crippen LogP contribution is 2.23. The maximum absolute atomic E-state index is 11.1. The first-order valence-corrected chi connectivity index (χ1v) is 5.94. The maximum Gasteiger partial charge on any atom is 0.320 e. The van der Waals surface area contributed by atoms with E-state index >= 15 is 0 Å². The van der Waals surface area contributed by atoms with Crippen LogP contribution in [0.5, 0.6) is 0 Å². The highest BCUT2D eigenvalue weighted by molar-refractivity contribution is 7.14. The number of carbonyl (C=O) groups is 1. The number of aromatic nitrogens is 1. The minimum absolute atomic E-state index is 0.251. The summed E-state index contributed by atoms with van der Waals surface area (Å²) in [5, 5.41) is 7.88. The average molecular weight is 242 g/mol. The molecule has 1 aliphatic heterocycles. The molecule has 0 unspecified atom stereocenters. The van der Waals surface area contributed by atoms with Gasteiger partial charge in [0.25, 0.3) is 0 Å². The maximum atomic E-state index is 11.1. The molecule has 2 heterocycles. The molecule has 2 amide bonds. The first-order chi connectivity index (χ1) is 7.79. The van der Waals surface area contributed by atoms with Crippen molar-refractivity contribution in [3.8, 4) is 0 Å². The van der Waals surface area contributed by atoms with Crippen LogP contribution < -0.4 is 15.5 Å². The third kappa shape index (κ3) is 2.61. The van der Waals surface area contributed by atoms with Crippen molar-refractivity contribution < 1.29 is 9.53 Å². The molecule has 0 radical (unpaired) electrons. The van der Waals surface area contributed by atoms with Crippen molar-refractivity contribution in [2.75, 3.05) is 43.6 Å². The molecule has 88 valence electrons. The van der Waals surface area contributed by atoms with Gasteiger partial charge in [0, 0.05) is 25.5 Å². The third-order valence-electron chi connectivity index (χ3n) is 2.24. The van der Waals surface area contributed by atoms with E-state index < -0.39 is 0 Å². The van der Waals surface area contributed by atoms with E-state index in [4.69, 9.17) is 4.74 Å². The molecule has 0 saturated carbocycles. The van der Waals surface area contributed by atoms with Crippen LogP contribution in [-0.4, -0.2) is 44.4 Å². The van der Waals surface area contributed by atoms with E-state index in [9.17, 15) is 4.79 Å². The number of anilines is 2. The number of rotatable bonds is 2. The predicted molar refractivity (Wildman–Crippen MR) is 63.2 cm³/mol. The van der Waals surface area contributed by atoms with Gasteiger partial charge in [0.15, 0.2) is 5.13 Å².